The SMILES string of the molecule is CCCNC(c1ncccc1Cl)c1c(Br)cnn1CCC. The highest BCUT2D eigenvalue weighted by molar-refractivity contribution is 9.10. The van der Waals surface area contributed by atoms with Gasteiger partial charge >= 0.3 is 0 Å². The maximum absolute atomic E-state index is 6.35. The van der Waals surface area contributed by atoms with Crippen LogP contribution in [0.3, 0.4) is 0 Å². The quantitative estimate of drug-likeness (QED) is 0.793. The van der Waals surface area contributed by atoms with Crippen LogP contribution in [-0.2, 0) is 6.54 Å². The molecule has 0 saturated carbocycles. The van der Waals surface area contributed by atoms with Crippen LogP contribution in [0.4, 0.5) is 0 Å². The number of aromatic nitrogens is 3. The van der Waals surface area contributed by atoms with Gasteiger partial charge in [-0.25, -0.2) is 0 Å². The maximum atomic E-state index is 6.35. The zero-order valence-electron chi connectivity index (χ0n) is 12.3. The molecule has 0 amide bonds. The minimum atomic E-state index is -0.0675. The molecule has 4 nitrogen and oxygen atoms in total. The first-order chi connectivity index (χ1) is 10.2. The third kappa shape index (κ3) is 3.84. The molecule has 21 heavy (non-hydrogen) atoms. The molecule has 0 radical (unpaired) electrons. The molecular formula is C15H20BrClN4. The standard InChI is InChI=1S/C15H20BrClN4/c1-3-7-18-14(13-12(17)6-5-8-19-13)15-11(16)10-20-21(15)9-4-2/h5-6,8,10,14,18H,3-4,7,9H2,1-2H3. The Morgan fingerprint density at radius 1 is 1.38 bits per heavy atom. The fourth-order valence-electron chi connectivity index (χ4n) is 2.27. The molecule has 0 aliphatic heterocycles. The first kappa shape index (κ1) is 16.5. The number of pyridine rings is 1. The molecule has 6 heteroatoms. The van der Waals surface area contributed by atoms with Crippen molar-refractivity contribution in [3.63, 3.8) is 0 Å². The highest BCUT2D eigenvalue weighted by Gasteiger charge is 2.24. The van der Waals surface area contributed by atoms with E-state index in [-0.39, 0.29) is 6.04 Å². The van der Waals surface area contributed by atoms with Crippen molar-refractivity contribution >= 4 is 27.5 Å². The molecule has 2 aromatic rings. The number of nitrogens with zero attached hydrogens (tertiary/aromatic N) is 3. The molecule has 1 N–H and O–H groups in total. The fraction of sp³-hybridized carbons (Fsp3) is 0.467. The van der Waals surface area contributed by atoms with Gasteiger partial charge in [-0.1, -0.05) is 25.4 Å². The van der Waals surface area contributed by atoms with Crippen LogP contribution in [0, 0.1) is 0 Å². The van der Waals surface area contributed by atoms with Crippen LogP contribution in [-0.4, -0.2) is 21.3 Å². The summed E-state index contributed by atoms with van der Waals surface area (Å²) in [4.78, 5) is 4.47. The van der Waals surface area contributed by atoms with Gasteiger partial charge in [-0.2, -0.15) is 5.10 Å². The van der Waals surface area contributed by atoms with Crippen LogP contribution < -0.4 is 5.32 Å². The van der Waals surface area contributed by atoms with Crippen LogP contribution in [0.25, 0.3) is 0 Å². The van der Waals surface area contributed by atoms with Gasteiger partial charge < -0.3 is 5.32 Å². The molecule has 0 spiro atoms. The summed E-state index contributed by atoms with van der Waals surface area (Å²) in [5.41, 5.74) is 1.91. The first-order valence-corrected chi connectivity index (χ1v) is 8.41. The Morgan fingerprint density at radius 2 is 2.19 bits per heavy atom. The number of nitrogens with one attached hydrogen (secondary N) is 1. The lowest BCUT2D eigenvalue weighted by Gasteiger charge is -2.21. The Hall–Kier alpha value is -0.910. The number of rotatable bonds is 7. The molecule has 1 atom stereocenters. The zero-order valence-corrected chi connectivity index (χ0v) is 14.7. The van der Waals surface area contributed by atoms with Gasteiger partial charge in [0.15, 0.2) is 0 Å². The number of hydrogen-bond acceptors (Lipinski definition) is 3. The van der Waals surface area contributed by atoms with Gasteiger partial charge in [0.05, 0.1) is 33.1 Å². The Kier molecular flexibility index (Phi) is 6.21. The van der Waals surface area contributed by atoms with Gasteiger partial charge in [0.1, 0.15) is 0 Å². The molecule has 2 aromatic heterocycles. The highest BCUT2D eigenvalue weighted by Crippen LogP contribution is 2.31. The Bertz CT molecular complexity index is 585. The largest absolute Gasteiger partial charge is 0.304 e. The van der Waals surface area contributed by atoms with E-state index in [9.17, 15) is 0 Å². The summed E-state index contributed by atoms with van der Waals surface area (Å²) in [6.07, 6.45) is 5.68. The molecule has 0 aliphatic rings. The average molecular weight is 372 g/mol. The predicted octanol–water partition coefficient (Wildman–Crippen LogP) is 4.19. The topological polar surface area (TPSA) is 42.7 Å². The van der Waals surface area contributed by atoms with Gasteiger partial charge in [-0.3, -0.25) is 9.67 Å². The Morgan fingerprint density at radius 3 is 2.86 bits per heavy atom. The second-order valence-electron chi connectivity index (χ2n) is 4.86. The molecule has 0 fully saturated rings. The molecule has 0 aromatic carbocycles. The van der Waals surface area contributed by atoms with Crippen molar-refractivity contribution in [3.8, 4) is 0 Å². The second-order valence-corrected chi connectivity index (χ2v) is 6.12. The minimum absolute atomic E-state index is 0.0675. The smallest absolute Gasteiger partial charge is 0.0948 e. The van der Waals surface area contributed by atoms with Gasteiger partial charge in [0.2, 0.25) is 0 Å². The summed E-state index contributed by atoms with van der Waals surface area (Å²) in [6, 6.07) is 3.65. The number of hydrogen-bond donors (Lipinski definition) is 1. The van der Waals surface area contributed by atoms with Crippen molar-refractivity contribution in [1.82, 2.24) is 20.1 Å². The number of aryl methyl sites for hydroxylation is 1. The van der Waals surface area contributed by atoms with Gasteiger partial charge in [-0.15, -0.1) is 0 Å². The summed E-state index contributed by atoms with van der Waals surface area (Å²) >= 11 is 9.96. The highest BCUT2D eigenvalue weighted by atomic mass is 79.9. The summed E-state index contributed by atoms with van der Waals surface area (Å²) in [7, 11) is 0. The van der Waals surface area contributed by atoms with Gasteiger partial charge in [0.25, 0.3) is 0 Å². The molecule has 114 valence electrons. The van der Waals surface area contributed by atoms with Crippen molar-refractivity contribution in [1.29, 1.82) is 0 Å². The zero-order chi connectivity index (χ0) is 15.2. The van der Waals surface area contributed by atoms with E-state index in [0.717, 1.165) is 41.8 Å². The summed E-state index contributed by atoms with van der Waals surface area (Å²) in [5, 5.41) is 8.65. The van der Waals surface area contributed by atoms with E-state index < -0.39 is 0 Å². The summed E-state index contributed by atoms with van der Waals surface area (Å²) < 4.78 is 2.99. The van der Waals surface area contributed by atoms with E-state index in [0.29, 0.717) is 5.02 Å². The van der Waals surface area contributed by atoms with Crippen molar-refractivity contribution in [2.75, 3.05) is 6.54 Å². The monoisotopic (exact) mass is 370 g/mol. The molecule has 0 saturated heterocycles. The van der Waals surface area contributed by atoms with Gasteiger partial charge in [0, 0.05) is 12.7 Å². The van der Waals surface area contributed by atoms with Crippen LogP contribution >= 0.6 is 27.5 Å². The van der Waals surface area contributed by atoms with E-state index in [2.05, 4.69) is 45.2 Å². The lowest BCUT2D eigenvalue weighted by atomic mass is 10.1. The average Bonchev–Trinajstić information content (AvgIpc) is 2.83. The molecule has 0 aliphatic carbocycles. The third-order valence-corrected chi connectivity index (χ3v) is 4.13. The maximum Gasteiger partial charge on any atom is 0.0948 e. The lowest BCUT2D eigenvalue weighted by molar-refractivity contribution is 0.504. The normalized spacial score (nSPS) is 12.6. The van der Waals surface area contributed by atoms with E-state index in [1.807, 2.05) is 23.0 Å². The fourth-order valence-corrected chi connectivity index (χ4v) is 3.03. The second kappa shape index (κ2) is 7.92. The first-order valence-electron chi connectivity index (χ1n) is 7.24. The molecule has 1 unspecified atom stereocenters. The minimum Gasteiger partial charge on any atom is -0.304 e. The van der Waals surface area contributed by atoms with Crippen molar-refractivity contribution in [2.24, 2.45) is 0 Å². The summed E-state index contributed by atoms with van der Waals surface area (Å²) in [5.74, 6) is 0. The van der Waals surface area contributed by atoms with E-state index in [4.69, 9.17) is 11.6 Å². The van der Waals surface area contributed by atoms with Crippen LogP contribution in [0.5, 0.6) is 0 Å². The Balaban J connectivity index is 2.45. The van der Waals surface area contributed by atoms with E-state index in [1.165, 1.54) is 0 Å². The van der Waals surface area contributed by atoms with Gasteiger partial charge in [-0.05, 0) is 47.4 Å². The van der Waals surface area contributed by atoms with Crippen molar-refractivity contribution < 1.29 is 0 Å². The van der Waals surface area contributed by atoms with E-state index in [1.54, 1.807) is 6.20 Å². The molecular weight excluding hydrogens is 352 g/mol. The number of halogens is 2. The van der Waals surface area contributed by atoms with Crippen molar-refractivity contribution in [3.05, 3.63) is 45.4 Å². The third-order valence-electron chi connectivity index (χ3n) is 3.20. The molecule has 0 bridgehead atoms. The predicted molar refractivity (Wildman–Crippen MR) is 89.6 cm³/mol. The van der Waals surface area contributed by atoms with Crippen LogP contribution in [0.1, 0.15) is 44.1 Å². The summed E-state index contributed by atoms with van der Waals surface area (Å²) in [6.45, 7) is 6.04. The molecule has 2 rings (SSSR count). The van der Waals surface area contributed by atoms with E-state index >= 15 is 0 Å². The van der Waals surface area contributed by atoms with Crippen LogP contribution in [0.2, 0.25) is 5.02 Å². The van der Waals surface area contributed by atoms with Crippen LogP contribution in [0.15, 0.2) is 29.0 Å². The molecule has 2 heterocycles. The lowest BCUT2D eigenvalue weighted by Crippen LogP contribution is -2.27. The van der Waals surface area contributed by atoms with Crippen molar-refractivity contribution in [2.45, 2.75) is 39.3 Å². The Labute approximate surface area is 139 Å².